The predicted molar refractivity (Wildman–Crippen MR) is 123 cm³/mol. The minimum absolute atomic E-state index is 0.125. The van der Waals surface area contributed by atoms with Crippen LogP contribution in [0.4, 0.5) is 0 Å². The summed E-state index contributed by atoms with van der Waals surface area (Å²) < 4.78 is 3.84. The molecule has 166 valence electrons. The zero-order valence-electron chi connectivity index (χ0n) is 18.1. The Morgan fingerprint density at radius 1 is 1.12 bits per heavy atom. The van der Waals surface area contributed by atoms with Crippen molar-refractivity contribution in [3.8, 4) is 0 Å². The van der Waals surface area contributed by atoms with Crippen LogP contribution >= 0.6 is 11.5 Å². The van der Waals surface area contributed by atoms with Crippen LogP contribution in [0.25, 0.3) is 0 Å². The molecular formula is C24H27N5O2S. The topological polar surface area (TPSA) is 88.1 Å². The maximum absolute atomic E-state index is 13.6. The van der Waals surface area contributed by atoms with Crippen molar-refractivity contribution in [2.45, 2.75) is 57.7 Å². The van der Waals surface area contributed by atoms with Crippen molar-refractivity contribution in [2.24, 2.45) is 0 Å². The van der Waals surface area contributed by atoms with Gasteiger partial charge in [-0.2, -0.15) is 0 Å². The summed E-state index contributed by atoms with van der Waals surface area (Å²) in [5.74, 6) is -0.548. The van der Waals surface area contributed by atoms with Gasteiger partial charge in [0, 0.05) is 24.2 Å². The molecule has 2 amide bonds. The number of rotatable bonds is 7. The number of aryl methyl sites for hydroxylation is 1. The Kier molecular flexibility index (Phi) is 7.21. The Morgan fingerprint density at radius 2 is 1.91 bits per heavy atom. The van der Waals surface area contributed by atoms with E-state index in [9.17, 15) is 9.59 Å². The number of aromatic nitrogens is 3. The van der Waals surface area contributed by atoms with Crippen molar-refractivity contribution >= 4 is 23.3 Å². The summed E-state index contributed by atoms with van der Waals surface area (Å²) in [7, 11) is 0. The Morgan fingerprint density at radius 3 is 2.56 bits per heavy atom. The molecule has 0 aliphatic heterocycles. The predicted octanol–water partition coefficient (Wildman–Crippen LogP) is 4.07. The van der Waals surface area contributed by atoms with Gasteiger partial charge in [-0.1, -0.05) is 59.6 Å². The molecule has 0 saturated heterocycles. The van der Waals surface area contributed by atoms with E-state index in [1.807, 2.05) is 37.3 Å². The van der Waals surface area contributed by atoms with E-state index >= 15 is 0 Å². The Hall–Kier alpha value is -3.13. The molecule has 0 bridgehead atoms. The molecule has 0 radical (unpaired) electrons. The third-order valence-electron chi connectivity index (χ3n) is 5.79. The molecule has 32 heavy (non-hydrogen) atoms. The molecular weight excluding hydrogens is 422 g/mol. The standard InChI is InChI=1S/C24H27N5O2S/c1-17-10-12-18(13-11-17)15-29(24(31)21-16-32-28-27-21)22(20-9-5-6-14-25-20)23(30)26-19-7-3-2-4-8-19/h5-6,9-14,16,19,22H,2-4,7-8,15H2,1H3,(H,26,30)/t22-/m0/s1. The van der Waals surface area contributed by atoms with Crippen LogP contribution in [-0.2, 0) is 11.3 Å². The monoisotopic (exact) mass is 449 g/mol. The van der Waals surface area contributed by atoms with Crippen molar-refractivity contribution in [1.82, 2.24) is 24.8 Å². The van der Waals surface area contributed by atoms with Crippen molar-refractivity contribution in [3.63, 3.8) is 0 Å². The first kappa shape index (κ1) is 22.1. The summed E-state index contributed by atoms with van der Waals surface area (Å²) in [4.78, 5) is 33.1. The van der Waals surface area contributed by atoms with Crippen LogP contribution in [0.15, 0.2) is 54.0 Å². The minimum atomic E-state index is -0.867. The third-order valence-corrected chi connectivity index (χ3v) is 6.30. The first-order chi connectivity index (χ1) is 15.6. The lowest BCUT2D eigenvalue weighted by Crippen LogP contribution is -2.47. The maximum Gasteiger partial charge on any atom is 0.276 e. The van der Waals surface area contributed by atoms with Crippen LogP contribution < -0.4 is 5.32 Å². The highest BCUT2D eigenvalue weighted by atomic mass is 32.1. The Balaban J connectivity index is 1.70. The van der Waals surface area contributed by atoms with Crippen molar-refractivity contribution in [1.29, 1.82) is 0 Å². The van der Waals surface area contributed by atoms with E-state index in [0.717, 1.165) is 48.3 Å². The molecule has 0 spiro atoms. The smallest absolute Gasteiger partial charge is 0.276 e. The van der Waals surface area contributed by atoms with Gasteiger partial charge in [0.2, 0.25) is 5.91 Å². The number of hydrogen-bond donors (Lipinski definition) is 1. The SMILES string of the molecule is Cc1ccc(CN(C(=O)c2csnn2)[C@H](C(=O)NC2CCCCC2)c2ccccn2)cc1. The number of nitrogens with zero attached hydrogens (tertiary/aromatic N) is 4. The summed E-state index contributed by atoms with van der Waals surface area (Å²) >= 11 is 1.11. The summed E-state index contributed by atoms with van der Waals surface area (Å²) in [6.45, 7) is 2.28. The maximum atomic E-state index is 13.6. The zero-order chi connectivity index (χ0) is 22.3. The van der Waals surface area contributed by atoms with Crippen LogP contribution in [0.2, 0.25) is 0 Å². The fourth-order valence-electron chi connectivity index (χ4n) is 4.08. The van der Waals surface area contributed by atoms with Gasteiger partial charge in [0.05, 0.1) is 5.69 Å². The van der Waals surface area contributed by atoms with Gasteiger partial charge in [-0.3, -0.25) is 14.6 Å². The lowest BCUT2D eigenvalue weighted by molar-refractivity contribution is -0.127. The van der Waals surface area contributed by atoms with Crippen molar-refractivity contribution in [2.75, 3.05) is 0 Å². The second-order valence-electron chi connectivity index (χ2n) is 8.21. The highest BCUT2D eigenvalue weighted by molar-refractivity contribution is 7.03. The van der Waals surface area contributed by atoms with Gasteiger partial charge in [0.25, 0.3) is 5.91 Å². The van der Waals surface area contributed by atoms with Crippen LogP contribution in [0.3, 0.4) is 0 Å². The summed E-state index contributed by atoms with van der Waals surface area (Å²) in [5.41, 5.74) is 2.82. The molecule has 2 heterocycles. The molecule has 8 heteroatoms. The van der Waals surface area contributed by atoms with Crippen LogP contribution in [-0.4, -0.2) is 37.3 Å². The first-order valence-electron chi connectivity index (χ1n) is 11.0. The van der Waals surface area contributed by atoms with E-state index in [2.05, 4.69) is 19.9 Å². The highest BCUT2D eigenvalue weighted by Gasteiger charge is 2.35. The second-order valence-corrected chi connectivity index (χ2v) is 8.82. The van der Waals surface area contributed by atoms with Gasteiger partial charge < -0.3 is 10.2 Å². The second kappa shape index (κ2) is 10.5. The Labute approximate surface area is 192 Å². The van der Waals surface area contributed by atoms with Crippen molar-refractivity contribution < 1.29 is 9.59 Å². The molecule has 1 aliphatic rings. The van der Waals surface area contributed by atoms with Gasteiger partial charge in [-0.25, -0.2) is 0 Å². The molecule has 1 atom stereocenters. The van der Waals surface area contributed by atoms with Crippen LogP contribution in [0.1, 0.15) is 65.5 Å². The number of nitrogens with one attached hydrogen (secondary N) is 1. The highest BCUT2D eigenvalue weighted by Crippen LogP contribution is 2.26. The van der Waals surface area contributed by atoms with E-state index < -0.39 is 6.04 Å². The number of benzene rings is 1. The largest absolute Gasteiger partial charge is 0.351 e. The van der Waals surface area contributed by atoms with Gasteiger partial charge in [-0.15, -0.1) is 5.10 Å². The average Bonchev–Trinajstić information content (AvgIpc) is 3.36. The van der Waals surface area contributed by atoms with Gasteiger partial charge in [-0.05, 0) is 49.0 Å². The number of pyridine rings is 1. The van der Waals surface area contributed by atoms with Gasteiger partial charge >= 0.3 is 0 Å². The molecule has 7 nitrogen and oxygen atoms in total. The molecule has 1 aromatic carbocycles. The minimum Gasteiger partial charge on any atom is -0.351 e. The first-order valence-corrected chi connectivity index (χ1v) is 11.8. The molecule has 1 aliphatic carbocycles. The number of carbonyl (C=O) groups is 2. The molecule has 2 aromatic heterocycles. The van der Waals surface area contributed by atoms with Gasteiger partial charge in [0.15, 0.2) is 11.7 Å². The van der Waals surface area contributed by atoms with Crippen LogP contribution in [0, 0.1) is 6.92 Å². The summed E-state index contributed by atoms with van der Waals surface area (Å²) in [6, 6.07) is 12.6. The number of carbonyl (C=O) groups excluding carboxylic acids is 2. The van der Waals surface area contributed by atoms with Crippen LogP contribution in [0.5, 0.6) is 0 Å². The molecule has 0 unspecified atom stereocenters. The zero-order valence-corrected chi connectivity index (χ0v) is 18.9. The summed E-state index contributed by atoms with van der Waals surface area (Å²) in [5, 5.41) is 8.77. The quantitative estimate of drug-likeness (QED) is 0.587. The third kappa shape index (κ3) is 5.37. The number of hydrogen-bond acceptors (Lipinski definition) is 6. The lowest BCUT2D eigenvalue weighted by atomic mass is 9.95. The van der Waals surface area contributed by atoms with E-state index in [1.165, 1.54) is 6.42 Å². The normalized spacial score (nSPS) is 15.2. The van der Waals surface area contributed by atoms with E-state index in [4.69, 9.17) is 0 Å². The van der Waals surface area contributed by atoms with E-state index in [0.29, 0.717) is 5.69 Å². The van der Waals surface area contributed by atoms with E-state index in [1.54, 1.807) is 28.6 Å². The molecule has 1 fully saturated rings. The molecule has 4 rings (SSSR count). The van der Waals surface area contributed by atoms with E-state index in [-0.39, 0.29) is 30.1 Å². The fourth-order valence-corrected chi connectivity index (χ4v) is 4.51. The molecule has 1 saturated carbocycles. The summed E-state index contributed by atoms with van der Waals surface area (Å²) in [6.07, 6.45) is 6.98. The van der Waals surface area contributed by atoms with Crippen molar-refractivity contribution in [3.05, 3.63) is 76.6 Å². The fraction of sp³-hybridized carbons (Fsp3) is 0.375. The molecule has 1 N–H and O–H groups in total. The Bertz CT molecular complexity index is 1020. The average molecular weight is 450 g/mol. The number of amides is 2. The molecule has 3 aromatic rings. The lowest BCUT2D eigenvalue weighted by Gasteiger charge is -2.32. The van der Waals surface area contributed by atoms with Gasteiger partial charge in [0.1, 0.15) is 0 Å².